The number of hydrogen-bond acceptors (Lipinski definition) is 4. The molecule has 0 bridgehead atoms. The van der Waals surface area contributed by atoms with Gasteiger partial charge in [0.25, 0.3) is 0 Å². The standard InChI is InChI=1S/C12H18O4/c1-4-16-11(15)9(13)8-6-5-7-12(2,3)10(8)14/h8H,4-7H2,1-3H3. The molecule has 1 aliphatic rings. The molecule has 1 fully saturated rings. The van der Waals surface area contributed by atoms with E-state index in [-0.39, 0.29) is 12.4 Å². The maximum Gasteiger partial charge on any atom is 0.375 e. The van der Waals surface area contributed by atoms with Crippen molar-refractivity contribution >= 4 is 17.5 Å². The Morgan fingerprint density at radius 3 is 2.62 bits per heavy atom. The van der Waals surface area contributed by atoms with Crippen LogP contribution in [0.3, 0.4) is 0 Å². The van der Waals surface area contributed by atoms with Crippen LogP contribution < -0.4 is 0 Å². The second-order valence-electron chi connectivity index (χ2n) is 4.78. The molecule has 0 heterocycles. The second-order valence-corrected chi connectivity index (χ2v) is 4.78. The molecule has 0 amide bonds. The van der Waals surface area contributed by atoms with Crippen molar-refractivity contribution in [1.29, 1.82) is 0 Å². The molecule has 1 atom stereocenters. The molecule has 0 aliphatic heterocycles. The van der Waals surface area contributed by atoms with Gasteiger partial charge in [-0.3, -0.25) is 9.59 Å². The summed E-state index contributed by atoms with van der Waals surface area (Å²) in [5.41, 5.74) is -0.495. The first-order chi connectivity index (χ1) is 7.40. The highest BCUT2D eigenvalue weighted by Crippen LogP contribution is 2.35. The fraction of sp³-hybridized carbons (Fsp3) is 0.750. The van der Waals surface area contributed by atoms with Crippen LogP contribution in [0.2, 0.25) is 0 Å². The van der Waals surface area contributed by atoms with Crippen molar-refractivity contribution in [1.82, 2.24) is 0 Å². The average Bonchev–Trinajstić information content (AvgIpc) is 2.21. The average molecular weight is 226 g/mol. The first kappa shape index (κ1) is 12.9. The number of carbonyl (C=O) groups is 3. The van der Waals surface area contributed by atoms with E-state index in [0.717, 1.165) is 12.8 Å². The van der Waals surface area contributed by atoms with Gasteiger partial charge in [0.2, 0.25) is 5.78 Å². The number of Topliss-reactive ketones (excluding diaryl/α,β-unsaturated/α-hetero) is 2. The van der Waals surface area contributed by atoms with Crippen LogP contribution in [0.25, 0.3) is 0 Å². The minimum Gasteiger partial charge on any atom is -0.460 e. The summed E-state index contributed by atoms with van der Waals surface area (Å²) in [5.74, 6) is -2.47. The molecule has 0 aromatic carbocycles. The van der Waals surface area contributed by atoms with E-state index in [2.05, 4.69) is 4.74 Å². The molecule has 90 valence electrons. The highest BCUT2D eigenvalue weighted by atomic mass is 16.5. The highest BCUT2D eigenvalue weighted by molar-refractivity contribution is 6.38. The van der Waals surface area contributed by atoms with Crippen LogP contribution in [0.1, 0.15) is 40.0 Å². The third-order valence-electron chi connectivity index (χ3n) is 3.07. The van der Waals surface area contributed by atoms with Crippen molar-refractivity contribution in [3.05, 3.63) is 0 Å². The van der Waals surface area contributed by atoms with Gasteiger partial charge in [-0.1, -0.05) is 20.3 Å². The van der Waals surface area contributed by atoms with E-state index in [1.54, 1.807) is 6.92 Å². The minimum atomic E-state index is -0.876. The van der Waals surface area contributed by atoms with Crippen LogP contribution in [0.4, 0.5) is 0 Å². The Kier molecular flexibility index (Phi) is 3.83. The van der Waals surface area contributed by atoms with Crippen LogP contribution in [-0.2, 0) is 19.1 Å². The SMILES string of the molecule is CCOC(=O)C(=O)C1CCCC(C)(C)C1=O. The Hall–Kier alpha value is -1.19. The predicted octanol–water partition coefficient (Wildman–Crippen LogP) is 1.51. The summed E-state index contributed by atoms with van der Waals surface area (Å²) >= 11 is 0. The molecule has 1 saturated carbocycles. The summed E-state index contributed by atoms with van der Waals surface area (Å²) in [6, 6.07) is 0. The first-order valence-corrected chi connectivity index (χ1v) is 5.65. The lowest BCUT2D eigenvalue weighted by molar-refractivity contribution is -0.158. The monoisotopic (exact) mass is 226 g/mol. The van der Waals surface area contributed by atoms with Crippen molar-refractivity contribution in [2.45, 2.75) is 40.0 Å². The molecular formula is C12H18O4. The van der Waals surface area contributed by atoms with Crippen molar-refractivity contribution in [3.63, 3.8) is 0 Å². The van der Waals surface area contributed by atoms with E-state index >= 15 is 0 Å². The number of carbonyl (C=O) groups excluding carboxylic acids is 3. The molecule has 0 spiro atoms. The molecule has 4 heteroatoms. The fourth-order valence-corrected chi connectivity index (χ4v) is 2.07. The van der Waals surface area contributed by atoms with Crippen molar-refractivity contribution in [2.75, 3.05) is 6.61 Å². The zero-order valence-corrected chi connectivity index (χ0v) is 10.0. The first-order valence-electron chi connectivity index (χ1n) is 5.65. The van der Waals surface area contributed by atoms with E-state index in [0.29, 0.717) is 6.42 Å². The van der Waals surface area contributed by atoms with Crippen molar-refractivity contribution in [3.8, 4) is 0 Å². The largest absolute Gasteiger partial charge is 0.460 e. The Balaban J connectivity index is 2.77. The minimum absolute atomic E-state index is 0.128. The predicted molar refractivity (Wildman–Crippen MR) is 57.8 cm³/mol. The topological polar surface area (TPSA) is 60.4 Å². The van der Waals surface area contributed by atoms with Gasteiger partial charge in [-0.05, 0) is 19.8 Å². The van der Waals surface area contributed by atoms with E-state index in [9.17, 15) is 14.4 Å². The summed E-state index contributed by atoms with van der Waals surface area (Å²) in [6.45, 7) is 5.44. The van der Waals surface area contributed by atoms with Crippen LogP contribution in [0, 0.1) is 11.3 Å². The van der Waals surface area contributed by atoms with Gasteiger partial charge in [0.1, 0.15) is 5.78 Å². The number of ether oxygens (including phenoxy) is 1. The zero-order valence-electron chi connectivity index (χ0n) is 10.0. The van der Waals surface area contributed by atoms with Gasteiger partial charge in [-0.25, -0.2) is 4.79 Å². The van der Waals surface area contributed by atoms with E-state index in [1.165, 1.54) is 0 Å². The van der Waals surface area contributed by atoms with Gasteiger partial charge in [0.05, 0.1) is 12.5 Å². The van der Waals surface area contributed by atoms with Gasteiger partial charge in [0.15, 0.2) is 0 Å². The molecule has 4 nitrogen and oxygen atoms in total. The number of hydrogen-bond donors (Lipinski definition) is 0. The third kappa shape index (κ3) is 2.49. The van der Waals surface area contributed by atoms with Crippen LogP contribution in [0.5, 0.6) is 0 Å². The van der Waals surface area contributed by atoms with Crippen molar-refractivity contribution < 1.29 is 19.1 Å². The Labute approximate surface area is 95.3 Å². The van der Waals surface area contributed by atoms with E-state index in [1.807, 2.05) is 13.8 Å². The maximum atomic E-state index is 12.0. The molecule has 1 rings (SSSR count). The molecule has 0 aromatic heterocycles. The van der Waals surface area contributed by atoms with Gasteiger partial charge in [-0.15, -0.1) is 0 Å². The van der Waals surface area contributed by atoms with Gasteiger partial charge in [0, 0.05) is 5.41 Å². The van der Waals surface area contributed by atoms with Gasteiger partial charge in [-0.2, -0.15) is 0 Å². The Morgan fingerprint density at radius 1 is 1.44 bits per heavy atom. The maximum absolute atomic E-state index is 12.0. The Bertz CT molecular complexity index is 317. The van der Waals surface area contributed by atoms with Gasteiger partial charge < -0.3 is 4.74 Å². The number of rotatable bonds is 3. The molecule has 16 heavy (non-hydrogen) atoms. The number of ketones is 2. The molecule has 0 radical (unpaired) electrons. The quantitative estimate of drug-likeness (QED) is 0.416. The van der Waals surface area contributed by atoms with Crippen LogP contribution >= 0.6 is 0 Å². The highest BCUT2D eigenvalue weighted by Gasteiger charge is 2.43. The molecule has 0 aromatic rings. The summed E-state index contributed by atoms with van der Waals surface area (Å²) in [6.07, 6.45) is 2.05. The van der Waals surface area contributed by atoms with E-state index < -0.39 is 23.1 Å². The summed E-state index contributed by atoms with van der Waals surface area (Å²) in [5, 5.41) is 0. The lowest BCUT2D eigenvalue weighted by Gasteiger charge is -2.32. The summed E-state index contributed by atoms with van der Waals surface area (Å²) in [7, 11) is 0. The second kappa shape index (κ2) is 4.76. The molecule has 0 N–H and O–H groups in total. The third-order valence-corrected chi connectivity index (χ3v) is 3.07. The summed E-state index contributed by atoms with van der Waals surface area (Å²) < 4.78 is 4.63. The normalized spacial score (nSPS) is 23.9. The molecule has 1 aliphatic carbocycles. The number of esters is 1. The molecule has 0 saturated heterocycles. The smallest absolute Gasteiger partial charge is 0.375 e. The molecule has 1 unspecified atom stereocenters. The van der Waals surface area contributed by atoms with Crippen molar-refractivity contribution in [2.24, 2.45) is 11.3 Å². The van der Waals surface area contributed by atoms with Gasteiger partial charge >= 0.3 is 5.97 Å². The molecular weight excluding hydrogens is 208 g/mol. The van der Waals surface area contributed by atoms with Crippen LogP contribution in [-0.4, -0.2) is 24.1 Å². The lowest BCUT2D eigenvalue weighted by Crippen LogP contribution is -2.42. The fourth-order valence-electron chi connectivity index (χ4n) is 2.07. The van der Waals surface area contributed by atoms with E-state index in [4.69, 9.17) is 0 Å². The van der Waals surface area contributed by atoms with Crippen LogP contribution in [0.15, 0.2) is 0 Å². The summed E-state index contributed by atoms with van der Waals surface area (Å²) in [4.78, 5) is 34.9. The zero-order chi connectivity index (χ0) is 12.3. The Morgan fingerprint density at radius 2 is 2.06 bits per heavy atom. The lowest BCUT2D eigenvalue weighted by atomic mass is 9.70.